The normalized spacial score (nSPS) is 22.6. The molecule has 2 heterocycles. The monoisotopic (exact) mass is 292 g/mol. The van der Waals surface area contributed by atoms with Crippen LogP contribution in [0, 0.1) is 5.92 Å². The van der Waals surface area contributed by atoms with Crippen LogP contribution in [0.3, 0.4) is 0 Å². The number of amides is 1. The number of halogens is 3. The summed E-state index contributed by atoms with van der Waals surface area (Å²) in [5.41, 5.74) is -0.787. The van der Waals surface area contributed by atoms with Gasteiger partial charge in [0.2, 0.25) is 5.91 Å². The molecule has 0 bridgehead atoms. The van der Waals surface area contributed by atoms with E-state index in [2.05, 4.69) is 5.32 Å². The van der Waals surface area contributed by atoms with E-state index in [0.717, 1.165) is 4.90 Å². The Labute approximate surface area is 111 Å². The van der Waals surface area contributed by atoms with Gasteiger partial charge in [-0.15, -0.1) is 0 Å². The highest BCUT2D eigenvalue weighted by Crippen LogP contribution is 2.36. The molecule has 0 aromatic heterocycles. The van der Waals surface area contributed by atoms with Crippen molar-refractivity contribution >= 4 is 17.7 Å². The fourth-order valence-corrected chi connectivity index (χ4v) is 2.37. The van der Waals surface area contributed by atoms with Gasteiger partial charge in [-0.2, -0.15) is 13.2 Å². The lowest BCUT2D eigenvalue weighted by molar-refractivity contribution is -0.167. The van der Waals surface area contributed by atoms with Crippen LogP contribution in [-0.2, 0) is 14.4 Å². The number of nitrogens with zero attached hydrogens (tertiary/aromatic N) is 1. The topological polar surface area (TPSA) is 86.7 Å². The molecule has 1 saturated heterocycles. The Kier molecular flexibility index (Phi) is 3.45. The van der Waals surface area contributed by atoms with Crippen LogP contribution in [0.4, 0.5) is 13.2 Å². The number of nitrogens with one attached hydrogen (secondary N) is 1. The van der Waals surface area contributed by atoms with Gasteiger partial charge in [0.1, 0.15) is 5.82 Å². The first-order valence-electron chi connectivity index (χ1n) is 5.86. The summed E-state index contributed by atoms with van der Waals surface area (Å²) in [4.78, 5) is 35.2. The van der Waals surface area contributed by atoms with Crippen LogP contribution in [0.25, 0.3) is 0 Å². The molecule has 1 atom stereocenters. The van der Waals surface area contributed by atoms with Gasteiger partial charge >= 0.3 is 12.1 Å². The fraction of sp³-hybridized carbons (Fsp3) is 0.545. The zero-order valence-electron chi connectivity index (χ0n) is 10.2. The van der Waals surface area contributed by atoms with E-state index in [9.17, 15) is 27.6 Å². The average molecular weight is 292 g/mol. The fourth-order valence-electron chi connectivity index (χ4n) is 2.37. The molecule has 2 aliphatic rings. The van der Waals surface area contributed by atoms with Gasteiger partial charge in [0, 0.05) is 13.1 Å². The summed E-state index contributed by atoms with van der Waals surface area (Å²) in [6.07, 6.45) is -5.46. The zero-order valence-corrected chi connectivity index (χ0v) is 10.2. The maximum Gasteiger partial charge on any atom is 0.454 e. The van der Waals surface area contributed by atoms with Crippen LogP contribution in [0.1, 0.15) is 12.8 Å². The number of rotatable bonds is 3. The number of hydrogen-bond acceptors (Lipinski definition) is 4. The largest absolute Gasteiger partial charge is 0.481 e. The highest BCUT2D eigenvalue weighted by molar-refractivity contribution is 6.09. The van der Waals surface area contributed by atoms with Crippen molar-refractivity contribution in [2.45, 2.75) is 19.0 Å². The van der Waals surface area contributed by atoms with E-state index in [1.807, 2.05) is 0 Å². The molecular formula is C11H11F3N2O4. The SMILES string of the molecule is O=C(O)C[C@@H]1C(=O)N2CCCNC2=C1C(=O)C(F)(F)F. The highest BCUT2D eigenvalue weighted by Gasteiger charge is 2.52. The quantitative estimate of drug-likeness (QED) is 0.779. The van der Waals surface area contributed by atoms with Gasteiger partial charge in [-0.3, -0.25) is 19.3 Å². The van der Waals surface area contributed by atoms with Crippen LogP contribution in [0.15, 0.2) is 11.4 Å². The third kappa shape index (κ3) is 2.35. The molecule has 9 heteroatoms. The maximum atomic E-state index is 12.6. The van der Waals surface area contributed by atoms with Crippen LogP contribution in [0.2, 0.25) is 0 Å². The van der Waals surface area contributed by atoms with Crippen molar-refractivity contribution in [1.82, 2.24) is 10.2 Å². The summed E-state index contributed by atoms with van der Waals surface area (Å²) in [5.74, 6) is -6.15. The Morgan fingerprint density at radius 3 is 2.60 bits per heavy atom. The first-order chi connectivity index (χ1) is 9.23. The van der Waals surface area contributed by atoms with Crippen LogP contribution in [-0.4, -0.2) is 46.9 Å². The van der Waals surface area contributed by atoms with Crippen molar-refractivity contribution in [3.05, 3.63) is 11.4 Å². The summed E-state index contributed by atoms with van der Waals surface area (Å²) in [7, 11) is 0. The number of Topliss-reactive ketones (excluding diaryl/α,β-unsaturated/α-hetero) is 1. The van der Waals surface area contributed by atoms with Crippen LogP contribution < -0.4 is 5.32 Å². The van der Waals surface area contributed by atoms with E-state index in [1.165, 1.54) is 0 Å². The Morgan fingerprint density at radius 1 is 1.40 bits per heavy atom. The number of carbonyl (C=O) groups excluding carboxylic acids is 2. The van der Waals surface area contributed by atoms with Crippen molar-refractivity contribution in [1.29, 1.82) is 0 Å². The van der Waals surface area contributed by atoms with Gasteiger partial charge in [-0.1, -0.05) is 0 Å². The van der Waals surface area contributed by atoms with Crippen molar-refractivity contribution in [2.24, 2.45) is 5.92 Å². The van der Waals surface area contributed by atoms with Gasteiger partial charge < -0.3 is 10.4 Å². The predicted octanol–water partition coefficient (Wildman–Crippen LogP) is 0.256. The molecular weight excluding hydrogens is 281 g/mol. The van der Waals surface area contributed by atoms with Crippen LogP contribution in [0.5, 0.6) is 0 Å². The number of alkyl halides is 3. The standard InChI is InChI=1S/C11H11F3N2O4/c12-11(13,14)8(19)7-5(4-6(17)18)10(20)16-3-1-2-15-9(7)16/h5,15H,1-4H2,(H,17,18)/t5-/m0/s1. The predicted molar refractivity (Wildman–Crippen MR) is 58.2 cm³/mol. The zero-order chi connectivity index (χ0) is 15.1. The molecule has 1 fully saturated rings. The van der Waals surface area contributed by atoms with Crippen molar-refractivity contribution in [2.75, 3.05) is 13.1 Å². The number of aliphatic carboxylic acids is 1. The Bertz CT molecular complexity index is 512. The minimum Gasteiger partial charge on any atom is -0.481 e. The molecule has 0 aromatic rings. The molecule has 0 aromatic carbocycles. The highest BCUT2D eigenvalue weighted by atomic mass is 19.4. The van der Waals surface area contributed by atoms with Gasteiger partial charge in [0.25, 0.3) is 5.78 Å². The molecule has 6 nitrogen and oxygen atoms in total. The van der Waals surface area contributed by atoms with Gasteiger partial charge in [-0.05, 0) is 6.42 Å². The number of carbonyl (C=O) groups is 3. The second-order valence-electron chi connectivity index (χ2n) is 4.51. The van der Waals surface area contributed by atoms with Gasteiger partial charge in [-0.25, -0.2) is 0 Å². The lowest BCUT2D eigenvalue weighted by atomic mass is 9.94. The van der Waals surface area contributed by atoms with E-state index in [1.54, 1.807) is 0 Å². The molecule has 2 N–H and O–H groups in total. The van der Waals surface area contributed by atoms with Crippen molar-refractivity contribution in [3.8, 4) is 0 Å². The molecule has 1 amide bonds. The Hall–Kier alpha value is -2.06. The first kappa shape index (κ1) is 14.4. The number of carboxylic acid groups (broad SMARTS) is 1. The second-order valence-corrected chi connectivity index (χ2v) is 4.51. The lowest BCUT2D eigenvalue weighted by Crippen LogP contribution is -2.40. The summed E-state index contributed by atoms with van der Waals surface area (Å²) in [6.45, 7) is 0.499. The minimum atomic E-state index is -5.14. The summed E-state index contributed by atoms with van der Waals surface area (Å²) >= 11 is 0. The first-order valence-corrected chi connectivity index (χ1v) is 5.86. The summed E-state index contributed by atoms with van der Waals surface area (Å²) < 4.78 is 37.8. The molecule has 20 heavy (non-hydrogen) atoms. The number of ketones is 1. The molecule has 2 aliphatic heterocycles. The summed E-state index contributed by atoms with van der Waals surface area (Å²) in [5, 5.41) is 11.3. The summed E-state index contributed by atoms with van der Waals surface area (Å²) in [6, 6.07) is 0. The van der Waals surface area contributed by atoms with Gasteiger partial charge in [0.05, 0.1) is 17.9 Å². The Morgan fingerprint density at radius 2 is 2.05 bits per heavy atom. The third-order valence-electron chi connectivity index (χ3n) is 3.17. The minimum absolute atomic E-state index is 0.173. The lowest BCUT2D eigenvalue weighted by Gasteiger charge is -2.27. The van der Waals surface area contributed by atoms with E-state index in [0.29, 0.717) is 13.0 Å². The molecule has 0 saturated carbocycles. The third-order valence-corrected chi connectivity index (χ3v) is 3.17. The van der Waals surface area contributed by atoms with E-state index in [-0.39, 0.29) is 12.4 Å². The van der Waals surface area contributed by atoms with E-state index >= 15 is 0 Å². The molecule has 0 aliphatic carbocycles. The number of hydrogen-bond donors (Lipinski definition) is 2. The maximum absolute atomic E-state index is 12.6. The van der Waals surface area contributed by atoms with Gasteiger partial charge in [0.15, 0.2) is 0 Å². The second kappa shape index (κ2) is 4.80. The molecule has 0 unspecified atom stereocenters. The molecule has 0 spiro atoms. The van der Waals surface area contributed by atoms with Crippen molar-refractivity contribution in [3.63, 3.8) is 0 Å². The Balaban J connectivity index is 2.46. The van der Waals surface area contributed by atoms with Crippen molar-refractivity contribution < 1.29 is 32.7 Å². The number of carboxylic acids is 1. The van der Waals surface area contributed by atoms with E-state index in [4.69, 9.17) is 5.11 Å². The molecule has 2 rings (SSSR count). The molecule has 110 valence electrons. The smallest absolute Gasteiger partial charge is 0.454 e. The molecule has 0 radical (unpaired) electrons. The number of fused-ring (bicyclic) bond motifs is 1. The van der Waals surface area contributed by atoms with E-state index < -0.39 is 41.7 Å². The van der Waals surface area contributed by atoms with Crippen LogP contribution >= 0.6 is 0 Å². The average Bonchev–Trinajstić information content (AvgIpc) is 2.61.